The zero-order chi connectivity index (χ0) is 15.2. The van der Waals surface area contributed by atoms with Crippen molar-refractivity contribution in [2.75, 3.05) is 6.54 Å². The zero-order valence-electron chi connectivity index (χ0n) is 11.5. The SMILES string of the molecule is N#Cc1ccccc1Cn1ccc(=O)n(CCCN)c1=O. The van der Waals surface area contributed by atoms with Crippen molar-refractivity contribution >= 4 is 0 Å². The largest absolute Gasteiger partial charge is 0.331 e. The summed E-state index contributed by atoms with van der Waals surface area (Å²) in [7, 11) is 0. The van der Waals surface area contributed by atoms with E-state index in [0.717, 1.165) is 5.56 Å². The minimum atomic E-state index is -0.385. The van der Waals surface area contributed by atoms with Gasteiger partial charge in [-0.25, -0.2) is 4.79 Å². The Labute approximate surface area is 121 Å². The molecule has 2 aromatic rings. The molecule has 6 nitrogen and oxygen atoms in total. The Kier molecular flexibility index (Phi) is 4.69. The fraction of sp³-hybridized carbons (Fsp3) is 0.267. The molecule has 0 aliphatic rings. The highest BCUT2D eigenvalue weighted by Crippen LogP contribution is 2.08. The van der Waals surface area contributed by atoms with Crippen molar-refractivity contribution < 1.29 is 0 Å². The van der Waals surface area contributed by atoms with E-state index >= 15 is 0 Å². The molecule has 0 amide bonds. The maximum atomic E-state index is 12.3. The van der Waals surface area contributed by atoms with Gasteiger partial charge in [0.05, 0.1) is 18.2 Å². The molecule has 1 heterocycles. The highest BCUT2D eigenvalue weighted by molar-refractivity contribution is 5.37. The minimum absolute atomic E-state index is 0.255. The lowest BCUT2D eigenvalue weighted by atomic mass is 10.1. The van der Waals surface area contributed by atoms with Gasteiger partial charge in [-0.15, -0.1) is 0 Å². The van der Waals surface area contributed by atoms with Gasteiger partial charge in [0, 0.05) is 18.8 Å². The normalized spacial score (nSPS) is 10.3. The molecule has 108 valence electrons. The third kappa shape index (κ3) is 3.27. The fourth-order valence-corrected chi connectivity index (χ4v) is 2.08. The second-order valence-corrected chi connectivity index (χ2v) is 4.63. The van der Waals surface area contributed by atoms with Gasteiger partial charge in [0.2, 0.25) is 0 Å². The second-order valence-electron chi connectivity index (χ2n) is 4.63. The first-order valence-corrected chi connectivity index (χ1v) is 6.65. The molecule has 0 unspecified atom stereocenters. The Hall–Kier alpha value is -2.65. The third-order valence-electron chi connectivity index (χ3n) is 3.20. The zero-order valence-corrected chi connectivity index (χ0v) is 11.5. The summed E-state index contributed by atoms with van der Waals surface area (Å²) in [6.07, 6.45) is 2.02. The lowest BCUT2D eigenvalue weighted by Crippen LogP contribution is -2.39. The van der Waals surface area contributed by atoms with Crippen LogP contribution >= 0.6 is 0 Å². The van der Waals surface area contributed by atoms with Crippen LogP contribution in [0, 0.1) is 11.3 Å². The van der Waals surface area contributed by atoms with Crippen molar-refractivity contribution in [1.82, 2.24) is 9.13 Å². The molecular formula is C15H16N4O2. The van der Waals surface area contributed by atoms with Gasteiger partial charge in [-0.05, 0) is 24.6 Å². The average Bonchev–Trinajstić information content (AvgIpc) is 2.50. The van der Waals surface area contributed by atoms with E-state index in [4.69, 9.17) is 11.0 Å². The Morgan fingerprint density at radius 2 is 1.95 bits per heavy atom. The fourth-order valence-electron chi connectivity index (χ4n) is 2.08. The first-order chi connectivity index (χ1) is 10.2. The number of nitrogens with two attached hydrogens (primary N) is 1. The standard InChI is InChI=1S/C15H16N4O2/c16-7-3-8-19-14(20)6-9-18(15(19)21)11-13-5-2-1-4-12(13)10-17/h1-2,4-6,9H,3,7-8,11,16H2. The highest BCUT2D eigenvalue weighted by atomic mass is 16.2. The van der Waals surface area contributed by atoms with E-state index in [1.165, 1.54) is 21.4 Å². The minimum Gasteiger partial charge on any atom is -0.330 e. The molecule has 2 N–H and O–H groups in total. The van der Waals surface area contributed by atoms with Crippen molar-refractivity contribution in [1.29, 1.82) is 5.26 Å². The molecule has 1 aromatic heterocycles. The van der Waals surface area contributed by atoms with Crippen LogP contribution < -0.4 is 17.0 Å². The van der Waals surface area contributed by atoms with Crippen LogP contribution in [0.4, 0.5) is 0 Å². The number of nitrogens with zero attached hydrogens (tertiary/aromatic N) is 3. The van der Waals surface area contributed by atoms with E-state index < -0.39 is 0 Å². The maximum Gasteiger partial charge on any atom is 0.331 e. The van der Waals surface area contributed by atoms with Crippen LogP contribution in [0.15, 0.2) is 46.1 Å². The predicted molar refractivity (Wildman–Crippen MR) is 78.9 cm³/mol. The van der Waals surface area contributed by atoms with Gasteiger partial charge in [-0.3, -0.25) is 13.9 Å². The molecule has 1 aromatic carbocycles. The van der Waals surface area contributed by atoms with Crippen molar-refractivity contribution in [2.45, 2.75) is 19.5 Å². The van der Waals surface area contributed by atoms with E-state index in [1.807, 2.05) is 6.07 Å². The lowest BCUT2D eigenvalue weighted by molar-refractivity contribution is 0.554. The molecule has 6 heteroatoms. The Bertz CT molecular complexity index is 783. The molecule has 0 bridgehead atoms. The first-order valence-electron chi connectivity index (χ1n) is 6.65. The smallest absolute Gasteiger partial charge is 0.330 e. The summed E-state index contributed by atoms with van der Waals surface area (Å²) in [4.78, 5) is 24.0. The van der Waals surface area contributed by atoms with Crippen LogP contribution in [0.5, 0.6) is 0 Å². The third-order valence-corrected chi connectivity index (χ3v) is 3.20. The first kappa shape index (κ1) is 14.8. The summed E-state index contributed by atoms with van der Waals surface area (Å²) < 4.78 is 2.59. The monoisotopic (exact) mass is 284 g/mol. The number of nitriles is 1. The van der Waals surface area contributed by atoms with Crippen LogP contribution in [0.3, 0.4) is 0 Å². The molecule has 2 rings (SSSR count). The van der Waals surface area contributed by atoms with Gasteiger partial charge in [-0.2, -0.15) is 5.26 Å². The van der Waals surface area contributed by atoms with Crippen molar-refractivity contribution in [3.63, 3.8) is 0 Å². The maximum absolute atomic E-state index is 12.3. The quantitative estimate of drug-likeness (QED) is 0.853. The summed E-state index contributed by atoms with van der Waals surface area (Å²) in [6, 6.07) is 10.5. The van der Waals surface area contributed by atoms with Crippen molar-refractivity contribution in [3.05, 3.63) is 68.5 Å². The number of aromatic nitrogens is 2. The van der Waals surface area contributed by atoms with Gasteiger partial charge < -0.3 is 5.73 Å². The molecule has 0 saturated carbocycles. The topological polar surface area (TPSA) is 93.8 Å². The van der Waals surface area contributed by atoms with Crippen LogP contribution in [-0.4, -0.2) is 15.7 Å². The molecule has 21 heavy (non-hydrogen) atoms. The molecule has 0 atom stereocenters. The average molecular weight is 284 g/mol. The van der Waals surface area contributed by atoms with Gasteiger partial charge in [0.1, 0.15) is 0 Å². The summed E-state index contributed by atoms with van der Waals surface area (Å²) >= 11 is 0. The lowest BCUT2D eigenvalue weighted by Gasteiger charge is -2.10. The van der Waals surface area contributed by atoms with Gasteiger partial charge in [0.25, 0.3) is 5.56 Å². The summed E-state index contributed by atoms with van der Waals surface area (Å²) in [5, 5.41) is 9.07. The number of hydrogen-bond donors (Lipinski definition) is 1. The Morgan fingerprint density at radius 3 is 2.67 bits per heavy atom. The molecule has 0 aliphatic heterocycles. The summed E-state index contributed by atoms with van der Waals surface area (Å²) in [6.45, 7) is 0.971. The number of benzene rings is 1. The van der Waals surface area contributed by atoms with E-state index in [0.29, 0.717) is 25.1 Å². The predicted octanol–water partition coefficient (Wildman–Crippen LogP) is 0.279. The van der Waals surface area contributed by atoms with Gasteiger partial charge in [0.15, 0.2) is 0 Å². The van der Waals surface area contributed by atoms with E-state index in [2.05, 4.69) is 6.07 Å². The van der Waals surface area contributed by atoms with Crippen molar-refractivity contribution in [3.8, 4) is 6.07 Å². The molecular weight excluding hydrogens is 268 g/mol. The van der Waals surface area contributed by atoms with Crippen LogP contribution in [0.1, 0.15) is 17.5 Å². The molecule has 0 saturated heterocycles. The van der Waals surface area contributed by atoms with E-state index in [9.17, 15) is 9.59 Å². The molecule has 0 aliphatic carbocycles. The van der Waals surface area contributed by atoms with Crippen LogP contribution in [0.2, 0.25) is 0 Å². The molecule has 0 spiro atoms. The van der Waals surface area contributed by atoms with Crippen LogP contribution in [-0.2, 0) is 13.1 Å². The van der Waals surface area contributed by atoms with Gasteiger partial charge >= 0.3 is 5.69 Å². The van der Waals surface area contributed by atoms with E-state index in [-0.39, 0.29) is 17.8 Å². The van der Waals surface area contributed by atoms with Gasteiger partial charge in [-0.1, -0.05) is 18.2 Å². The molecule has 0 radical (unpaired) electrons. The molecule has 0 fully saturated rings. The number of hydrogen-bond acceptors (Lipinski definition) is 4. The summed E-state index contributed by atoms with van der Waals surface area (Å²) in [5.74, 6) is 0. The Morgan fingerprint density at radius 1 is 1.19 bits per heavy atom. The second kappa shape index (κ2) is 6.68. The summed E-state index contributed by atoms with van der Waals surface area (Å²) in [5.41, 5.74) is 5.95. The van der Waals surface area contributed by atoms with Crippen molar-refractivity contribution in [2.24, 2.45) is 5.73 Å². The van der Waals surface area contributed by atoms with E-state index in [1.54, 1.807) is 18.2 Å². The van der Waals surface area contributed by atoms with Crippen LogP contribution in [0.25, 0.3) is 0 Å². The highest BCUT2D eigenvalue weighted by Gasteiger charge is 2.07. The number of rotatable bonds is 5. The Balaban J connectivity index is 2.40.